The van der Waals surface area contributed by atoms with E-state index >= 15 is 0 Å². The Labute approximate surface area is 222 Å². The highest BCUT2D eigenvalue weighted by Crippen LogP contribution is 2.31. The van der Waals surface area contributed by atoms with Crippen molar-refractivity contribution in [1.82, 2.24) is 4.90 Å². The number of hydrogen-bond donors (Lipinski definition) is 2. The van der Waals surface area contributed by atoms with Gasteiger partial charge in [-0.1, -0.05) is 35.9 Å². The lowest BCUT2D eigenvalue weighted by molar-refractivity contribution is 0.0571. The lowest BCUT2D eigenvalue weighted by Crippen LogP contribution is -2.50. The maximum absolute atomic E-state index is 12.5. The number of aryl methyl sites for hydroxylation is 1. The van der Waals surface area contributed by atoms with Gasteiger partial charge in [-0.2, -0.15) is 0 Å². The first-order valence-electron chi connectivity index (χ1n) is 11.8. The number of ether oxygens (including phenoxy) is 2. The molecule has 0 saturated carbocycles. The number of piperazine rings is 1. The molecule has 1 atom stereocenters. The second-order valence-corrected chi connectivity index (χ2v) is 9.29. The number of amides is 2. The Morgan fingerprint density at radius 2 is 1.67 bits per heavy atom. The monoisotopic (exact) mass is 528 g/mol. The van der Waals surface area contributed by atoms with Crippen molar-refractivity contribution < 1.29 is 14.3 Å². The molecule has 1 saturated heterocycles. The molecule has 0 radical (unpaired) electrons. The summed E-state index contributed by atoms with van der Waals surface area (Å²) in [5.41, 5.74) is 3.45. The average Bonchev–Trinajstić information content (AvgIpc) is 2.87. The van der Waals surface area contributed by atoms with E-state index in [2.05, 4.69) is 26.5 Å². The molecule has 2 aliphatic rings. The molecule has 1 fully saturated rings. The first-order valence-corrected chi connectivity index (χ1v) is 12.2. The van der Waals surface area contributed by atoms with Crippen LogP contribution in [0, 0.1) is 6.92 Å². The molecule has 5 rings (SSSR count). The van der Waals surface area contributed by atoms with Gasteiger partial charge in [0.05, 0.1) is 0 Å². The van der Waals surface area contributed by atoms with E-state index in [1.54, 1.807) is 6.07 Å². The van der Waals surface area contributed by atoms with Crippen LogP contribution in [-0.4, -0.2) is 56.4 Å². The van der Waals surface area contributed by atoms with Crippen LogP contribution < -0.4 is 25.0 Å². The summed E-state index contributed by atoms with van der Waals surface area (Å²) < 4.78 is 12.0. The summed E-state index contributed by atoms with van der Waals surface area (Å²) in [7, 11) is 0. The van der Waals surface area contributed by atoms with Crippen molar-refractivity contribution in [3.05, 3.63) is 77.3 Å². The van der Waals surface area contributed by atoms with Crippen LogP contribution in [0.5, 0.6) is 11.5 Å². The number of carbonyl (C=O) groups is 1. The maximum Gasteiger partial charge on any atom is 0.323 e. The first kappa shape index (κ1) is 25.9. The Balaban J connectivity index is 0.00000304. The molecule has 1 unspecified atom stereocenters. The molecule has 2 heterocycles. The molecule has 190 valence electrons. The number of halogens is 2. The van der Waals surface area contributed by atoms with Gasteiger partial charge in [-0.3, -0.25) is 4.90 Å². The molecule has 2 amide bonds. The van der Waals surface area contributed by atoms with E-state index in [1.165, 1.54) is 0 Å². The third-order valence-corrected chi connectivity index (χ3v) is 6.71. The van der Waals surface area contributed by atoms with Gasteiger partial charge in [-0.05, 0) is 55.0 Å². The number of para-hydroxylation sites is 2. The molecular formula is C27H30Cl2N4O3. The summed E-state index contributed by atoms with van der Waals surface area (Å²) in [4.78, 5) is 17.2. The van der Waals surface area contributed by atoms with Gasteiger partial charge in [0.25, 0.3) is 0 Å². The van der Waals surface area contributed by atoms with Crippen molar-refractivity contribution >= 4 is 47.1 Å². The number of carbonyl (C=O) groups excluding carboxylic acids is 1. The van der Waals surface area contributed by atoms with Crippen molar-refractivity contribution in [2.75, 3.05) is 54.9 Å². The number of anilines is 3. The fourth-order valence-electron chi connectivity index (χ4n) is 4.37. The van der Waals surface area contributed by atoms with Crippen LogP contribution in [0.2, 0.25) is 5.02 Å². The third-order valence-electron chi connectivity index (χ3n) is 6.30. The third kappa shape index (κ3) is 6.35. The Morgan fingerprint density at radius 3 is 2.42 bits per heavy atom. The predicted octanol–water partition coefficient (Wildman–Crippen LogP) is 5.68. The van der Waals surface area contributed by atoms with Crippen molar-refractivity contribution in [1.29, 1.82) is 0 Å². The minimum Gasteiger partial charge on any atom is -0.486 e. The Hall–Kier alpha value is -3.13. The minimum absolute atomic E-state index is 0. The van der Waals surface area contributed by atoms with Gasteiger partial charge >= 0.3 is 6.03 Å². The van der Waals surface area contributed by atoms with Crippen LogP contribution in [-0.2, 0) is 0 Å². The summed E-state index contributed by atoms with van der Waals surface area (Å²) in [5.74, 6) is 1.64. The number of benzene rings is 3. The molecule has 0 bridgehead atoms. The smallest absolute Gasteiger partial charge is 0.323 e. The summed E-state index contributed by atoms with van der Waals surface area (Å²) in [6.45, 7) is 7.02. The van der Waals surface area contributed by atoms with E-state index in [0.717, 1.165) is 61.2 Å². The predicted molar refractivity (Wildman–Crippen MR) is 148 cm³/mol. The molecule has 2 N–H and O–H groups in total. The number of nitrogens with zero attached hydrogens (tertiary/aromatic N) is 2. The number of fused-ring (bicyclic) bond motifs is 1. The van der Waals surface area contributed by atoms with Crippen LogP contribution in [0.1, 0.15) is 5.56 Å². The molecule has 7 nitrogen and oxygen atoms in total. The second kappa shape index (κ2) is 11.7. The summed E-state index contributed by atoms with van der Waals surface area (Å²) in [5, 5.41) is 6.37. The molecule has 3 aromatic carbocycles. The summed E-state index contributed by atoms with van der Waals surface area (Å²) in [6.07, 6.45) is 0.0332. The number of rotatable bonds is 5. The fourth-order valence-corrected chi connectivity index (χ4v) is 4.55. The van der Waals surface area contributed by atoms with Crippen molar-refractivity contribution in [2.45, 2.75) is 13.0 Å². The van der Waals surface area contributed by atoms with Crippen LogP contribution in [0.15, 0.2) is 66.7 Å². The van der Waals surface area contributed by atoms with Crippen LogP contribution in [0.3, 0.4) is 0 Å². The molecular weight excluding hydrogens is 499 g/mol. The number of nitrogens with one attached hydrogen (secondary N) is 2. The second-order valence-electron chi connectivity index (χ2n) is 8.88. The van der Waals surface area contributed by atoms with E-state index in [9.17, 15) is 4.79 Å². The lowest BCUT2D eigenvalue weighted by atomic mass is 10.2. The van der Waals surface area contributed by atoms with E-state index in [1.807, 2.05) is 61.5 Å². The van der Waals surface area contributed by atoms with Crippen LogP contribution in [0.4, 0.5) is 21.9 Å². The van der Waals surface area contributed by atoms with Crippen LogP contribution >= 0.6 is 24.0 Å². The van der Waals surface area contributed by atoms with Crippen LogP contribution in [0.25, 0.3) is 0 Å². The highest BCUT2D eigenvalue weighted by atomic mass is 35.5. The van der Waals surface area contributed by atoms with Gasteiger partial charge in [0.2, 0.25) is 0 Å². The molecule has 0 aliphatic carbocycles. The zero-order chi connectivity index (χ0) is 24.2. The lowest BCUT2D eigenvalue weighted by Gasteiger charge is -2.38. The topological polar surface area (TPSA) is 66.1 Å². The standard InChI is InChI=1S/C27H29ClN4O3.ClH/c1-19-9-10-21(16-24(19)28)30-27(33)29-20-5-4-6-22(15-20)32-13-11-31(12-14-32)17-23-18-34-25-7-2-3-8-26(25)35-23;/h2-10,15-16,23H,11-14,17-18H2,1H3,(H2,29,30,33);1H. The molecule has 36 heavy (non-hydrogen) atoms. The van der Waals surface area contributed by atoms with E-state index in [-0.39, 0.29) is 24.5 Å². The van der Waals surface area contributed by atoms with Crippen molar-refractivity contribution in [3.8, 4) is 11.5 Å². The van der Waals surface area contributed by atoms with Gasteiger partial charge in [0.15, 0.2) is 11.5 Å². The Kier molecular flexibility index (Phi) is 8.46. The Bertz CT molecular complexity index is 1200. The molecule has 0 spiro atoms. The summed E-state index contributed by atoms with van der Waals surface area (Å²) >= 11 is 6.16. The minimum atomic E-state index is -0.303. The SMILES string of the molecule is Cc1ccc(NC(=O)Nc2cccc(N3CCN(CC4COc5ccccc5O4)CC3)c2)cc1Cl.Cl. The van der Waals surface area contributed by atoms with Gasteiger partial charge < -0.3 is 25.0 Å². The van der Waals surface area contributed by atoms with Gasteiger partial charge in [-0.25, -0.2) is 4.79 Å². The van der Waals surface area contributed by atoms with E-state index in [0.29, 0.717) is 17.3 Å². The highest BCUT2D eigenvalue weighted by Gasteiger charge is 2.25. The van der Waals surface area contributed by atoms with E-state index < -0.39 is 0 Å². The zero-order valence-corrected chi connectivity index (χ0v) is 21.6. The number of hydrogen-bond acceptors (Lipinski definition) is 5. The maximum atomic E-state index is 12.5. The average molecular weight is 529 g/mol. The fraction of sp³-hybridized carbons (Fsp3) is 0.296. The van der Waals surface area contributed by atoms with E-state index in [4.69, 9.17) is 21.1 Å². The van der Waals surface area contributed by atoms with Crippen molar-refractivity contribution in [3.63, 3.8) is 0 Å². The van der Waals surface area contributed by atoms with Gasteiger partial charge in [-0.15, -0.1) is 12.4 Å². The molecule has 3 aromatic rings. The molecule has 0 aromatic heterocycles. The highest BCUT2D eigenvalue weighted by molar-refractivity contribution is 6.31. The quantitative estimate of drug-likeness (QED) is 0.446. The van der Waals surface area contributed by atoms with Gasteiger partial charge in [0, 0.05) is 54.8 Å². The van der Waals surface area contributed by atoms with Crippen molar-refractivity contribution in [2.24, 2.45) is 0 Å². The first-order chi connectivity index (χ1) is 17.0. The van der Waals surface area contributed by atoms with Gasteiger partial charge in [0.1, 0.15) is 12.7 Å². The molecule has 2 aliphatic heterocycles. The number of urea groups is 1. The summed E-state index contributed by atoms with van der Waals surface area (Å²) in [6, 6.07) is 20.9. The Morgan fingerprint density at radius 1 is 0.944 bits per heavy atom. The zero-order valence-electron chi connectivity index (χ0n) is 20.1. The largest absolute Gasteiger partial charge is 0.486 e. The normalized spacial score (nSPS) is 17.2. The molecule has 9 heteroatoms.